The molecule has 0 spiro atoms. The van der Waals surface area contributed by atoms with E-state index in [1.807, 2.05) is 27.7 Å². The molecule has 0 amide bonds. The topological polar surface area (TPSA) is 40.5 Å². The Bertz CT molecular complexity index is 125. The minimum Gasteiger partial charge on any atom is -0.396 e. The predicted octanol–water partition coefficient (Wildman–Crippen LogP) is 3.70. The highest BCUT2D eigenvalue weighted by Gasteiger charge is 1.84. The average molecular weight is 230 g/mol. The third kappa shape index (κ3) is 106. The van der Waals surface area contributed by atoms with E-state index < -0.39 is 0 Å². The highest BCUT2D eigenvalue weighted by atomic mass is 16.3. The monoisotopic (exact) mass is 230 g/mol. The van der Waals surface area contributed by atoms with Crippen LogP contribution in [0.3, 0.4) is 0 Å². The van der Waals surface area contributed by atoms with Gasteiger partial charge in [0.15, 0.2) is 0 Å². The first-order valence-electron chi connectivity index (χ1n) is 5.84. The van der Waals surface area contributed by atoms with Crippen molar-refractivity contribution in [1.29, 1.82) is 0 Å². The molecule has 2 nitrogen and oxygen atoms in total. The second kappa shape index (κ2) is 19.9. The zero-order chi connectivity index (χ0) is 13.4. The maximum absolute atomic E-state index is 8.30. The van der Waals surface area contributed by atoms with Gasteiger partial charge in [0.25, 0.3) is 0 Å². The highest BCUT2D eigenvalue weighted by Crippen LogP contribution is 1.96. The quantitative estimate of drug-likeness (QED) is 0.558. The summed E-state index contributed by atoms with van der Waals surface area (Å²) in [4.78, 5) is 0. The molecule has 0 bridgehead atoms. The van der Waals surface area contributed by atoms with Crippen molar-refractivity contribution in [1.82, 2.24) is 0 Å². The standard InChI is InChI=1S/C6H14O2.2C4H8/c7-5-3-1-2-4-6-8;2*1-4(2)3/h7-8H,1-6H2;2*1H2,2-3H3. The van der Waals surface area contributed by atoms with Gasteiger partial charge in [-0.2, -0.15) is 0 Å². The van der Waals surface area contributed by atoms with Crippen molar-refractivity contribution in [2.45, 2.75) is 53.4 Å². The molecular weight excluding hydrogens is 200 g/mol. The largest absolute Gasteiger partial charge is 0.396 e. The van der Waals surface area contributed by atoms with Crippen molar-refractivity contribution < 1.29 is 10.2 Å². The van der Waals surface area contributed by atoms with Gasteiger partial charge in [-0.05, 0) is 40.5 Å². The lowest BCUT2D eigenvalue weighted by molar-refractivity contribution is 0.265. The van der Waals surface area contributed by atoms with E-state index in [0.29, 0.717) is 0 Å². The minimum absolute atomic E-state index is 0.283. The van der Waals surface area contributed by atoms with Gasteiger partial charge in [0.2, 0.25) is 0 Å². The second-order valence-electron chi connectivity index (χ2n) is 4.28. The van der Waals surface area contributed by atoms with Crippen LogP contribution in [0, 0.1) is 0 Å². The van der Waals surface area contributed by atoms with Crippen LogP contribution in [0.25, 0.3) is 0 Å². The zero-order valence-electron chi connectivity index (χ0n) is 11.6. The lowest BCUT2D eigenvalue weighted by Gasteiger charge is -1.93. The molecule has 0 atom stereocenters. The third-order valence-electron chi connectivity index (χ3n) is 1.07. The molecule has 0 aromatic rings. The van der Waals surface area contributed by atoms with Crippen molar-refractivity contribution in [3.05, 3.63) is 24.3 Å². The maximum Gasteiger partial charge on any atom is 0.0431 e. The van der Waals surface area contributed by atoms with Crippen LogP contribution in [0.2, 0.25) is 0 Å². The molecule has 2 N–H and O–H groups in total. The Labute approximate surface area is 102 Å². The number of allylic oxidation sites excluding steroid dienone is 2. The minimum atomic E-state index is 0.283. The Kier molecular flexibility index (Phi) is 25.8. The molecule has 98 valence electrons. The summed E-state index contributed by atoms with van der Waals surface area (Å²) in [6.45, 7) is 15.6. The summed E-state index contributed by atoms with van der Waals surface area (Å²) in [6, 6.07) is 0. The number of aliphatic hydroxyl groups is 2. The lowest BCUT2D eigenvalue weighted by atomic mass is 10.2. The van der Waals surface area contributed by atoms with E-state index in [4.69, 9.17) is 10.2 Å². The molecule has 16 heavy (non-hydrogen) atoms. The fourth-order valence-electron chi connectivity index (χ4n) is 0.577. The summed E-state index contributed by atoms with van der Waals surface area (Å²) < 4.78 is 0. The maximum atomic E-state index is 8.30. The molecule has 2 heteroatoms. The van der Waals surface area contributed by atoms with E-state index in [9.17, 15) is 0 Å². The van der Waals surface area contributed by atoms with E-state index in [1.54, 1.807) is 0 Å². The molecule has 0 aliphatic carbocycles. The fourth-order valence-corrected chi connectivity index (χ4v) is 0.577. The normalized spacial score (nSPS) is 8.12. The molecule has 0 aliphatic rings. The second-order valence-corrected chi connectivity index (χ2v) is 4.28. The van der Waals surface area contributed by atoms with E-state index in [-0.39, 0.29) is 13.2 Å². The summed E-state index contributed by atoms with van der Waals surface area (Å²) >= 11 is 0. The zero-order valence-corrected chi connectivity index (χ0v) is 11.6. The van der Waals surface area contributed by atoms with Crippen LogP contribution < -0.4 is 0 Å². The molecule has 0 aromatic heterocycles. The van der Waals surface area contributed by atoms with Crippen LogP contribution in [-0.2, 0) is 0 Å². The molecule has 0 saturated heterocycles. The van der Waals surface area contributed by atoms with Crippen LogP contribution in [0.15, 0.2) is 24.3 Å². The Morgan fingerprint density at radius 2 is 0.875 bits per heavy atom. The van der Waals surface area contributed by atoms with Gasteiger partial charge in [0.05, 0.1) is 0 Å². The van der Waals surface area contributed by atoms with Gasteiger partial charge in [0.1, 0.15) is 0 Å². The summed E-state index contributed by atoms with van der Waals surface area (Å²) in [7, 11) is 0. The molecular formula is C14H30O2. The van der Waals surface area contributed by atoms with Crippen LogP contribution in [0.1, 0.15) is 53.4 Å². The van der Waals surface area contributed by atoms with Gasteiger partial charge in [0, 0.05) is 13.2 Å². The van der Waals surface area contributed by atoms with Gasteiger partial charge in [-0.1, -0.05) is 24.0 Å². The van der Waals surface area contributed by atoms with E-state index in [0.717, 1.165) is 25.7 Å². The van der Waals surface area contributed by atoms with Crippen molar-refractivity contribution >= 4 is 0 Å². The number of aliphatic hydroxyl groups excluding tert-OH is 2. The van der Waals surface area contributed by atoms with Gasteiger partial charge >= 0.3 is 0 Å². The third-order valence-corrected chi connectivity index (χ3v) is 1.07. The molecule has 0 heterocycles. The van der Waals surface area contributed by atoms with Crippen LogP contribution in [0.5, 0.6) is 0 Å². The van der Waals surface area contributed by atoms with Crippen LogP contribution >= 0.6 is 0 Å². The number of hydrogen-bond acceptors (Lipinski definition) is 2. The van der Waals surface area contributed by atoms with Gasteiger partial charge in [-0.25, -0.2) is 0 Å². The van der Waals surface area contributed by atoms with Gasteiger partial charge in [-0.15, -0.1) is 13.2 Å². The molecule has 0 radical (unpaired) electrons. The number of unbranched alkanes of at least 4 members (excludes halogenated alkanes) is 3. The summed E-state index contributed by atoms with van der Waals surface area (Å²) in [5.41, 5.74) is 2.33. The Morgan fingerprint density at radius 1 is 0.688 bits per heavy atom. The van der Waals surface area contributed by atoms with E-state index in [1.165, 1.54) is 11.1 Å². The smallest absolute Gasteiger partial charge is 0.0431 e. The molecule has 0 unspecified atom stereocenters. The molecule has 0 aromatic carbocycles. The molecule has 0 rings (SSSR count). The SMILES string of the molecule is C=C(C)C.C=C(C)C.OCCCCCCO. The van der Waals surface area contributed by atoms with Crippen molar-refractivity contribution in [2.24, 2.45) is 0 Å². The first kappa shape index (κ1) is 20.8. The predicted molar refractivity (Wildman–Crippen MR) is 73.6 cm³/mol. The van der Waals surface area contributed by atoms with Crippen molar-refractivity contribution in [2.75, 3.05) is 13.2 Å². The lowest BCUT2D eigenvalue weighted by Crippen LogP contribution is -1.85. The first-order chi connectivity index (χ1) is 7.38. The van der Waals surface area contributed by atoms with E-state index >= 15 is 0 Å². The average Bonchev–Trinajstić information content (AvgIpc) is 2.11. The van der Waals surface area contributed by atoms with E-state index in [2.05, 4.69) is 13.2 Å². The van der Waals surface area contributed by atoms with Gasteiger partial charge < -0.3 is 10.2 Å². The molecule has 0 saturated carbocycles. The Morgan fingerprint density at radius 3 is 1.00 bits per heavy atom. The summed E-state index contributed by atoms with van der Waals surface area (Å²) in [5.74, 6) is 0. The summed E-state index contributed by atoms with van der Waals surface area (Å²) in [5, 5.41) is 16.6. The van der Waals surface area contributed by atoms with Crippen LogP contribution in [0.4, 0.5) is 0 Å². The fraction of sp³-hybridized carbons (Fsp3) is 0.714. The molecule has 0 fully saturated rings. The number of hydrogen-bond donors (Lipinski definition) is 2. The molecule has 0 aliphatic heterocycles. The van der Waals surface area contributed by atoms with Gasteiger partial charge in [-0.3, -0.25) is 0 Å². The first-order valence-corrected chi connectivity index (χ1v) is 5.84. The van der Waals surface area contributed by atoms with Crippen molar-refractivity contribution in [3.63, 3.8) is 0 Å². The highest BCUT2D eigenvalue weighted by molar-refractivity contribution is 4.79. The number of rotatable bonds is 5. The summed E-state index contributed by atoms with van der Waals surface area (Å²) in [6.07, 6.45) is 3.83. The Balaban J connectivity index is -0.000000179. The van der Waals surface area contributed by atoms with Crippen LogP contribution in [-0.4, -0.2) is 23.4 Å². The Hall–Kier alpha value is -0.600. The van der Waals surface area contributed by atoms with Crippen molar-refractivity contribution in [3.8, 4) is 0 Å².